The summed E-state index contributed by atoms with van der Waals surface area (Å²) in [7, 11) is 0. The Morgan fingerprint density at radius 3 is 1.46 bits per heavy atom. The van der Waals surface area contributed by atoms with Gasteiger partial charge < -0.3 is 37.6 Å². The van der Waals surface area contributed by atoms with Crippen LogP contribution in [0.15, 0.2) is 115 Å². The molecule has 3 amide bonds. The largest absolute Gasteiger partial charge is 0.376 e. The van der Waals surface area contributed by atoms with Crippen molar-refractivity contribution < 1.29 is 14.4 Å². The Hall–Kier alpha value is -6.31. The van der Waals surface area contributed by atoms with Crippen molar-refractivity contribution in [1.29, 1.82) is 0 Å². The van der Waals surface area contributed by atoms with Crippen LogP contribution in [0.5, 0.6) is 0 Å². The normalized spacial score (nSPS) is 12.0. The van der Waals surface area contributed by atoms with Crippen LogP contribution >= 0.6 is 24.4 Å². The number of rotatable bonds is 3. The Morgan fingerprint density at radius 2 is 0.979 bits per heavy atom. The van der Waals surface area contributed by atoms with Crippen molar-refractivity contribution in [3.05, 3.63) is 132 Å². The molecule has 0 spiro atoms. The van der Waals surface area contributed by atoms with Gasteiger partial charge in [-0.3, -0.25) is 19.7 Å². The van der Waals surface area contributed by atoms with Crippen LogP contribution in [-0.2, 0) is 0 Å². The maximum Gasteiger partial charge on any atom is 0.257 e. The van der Waals surface area contributed by atoms with E-state index in [4.69, 9.17) is 30.2 Å². The van der Waals surface area contributed by atoms with Crippen LogP contribution in [0.25, 0.3) is 0 Å². The van der Waals surface area contributed by atoms with E-state index < -0.39 is 0 Å². The topological polar surface area (TPSA) is 161 Å². The van der Waals surface area contributed by atoms with Gasteiger partial charge in [0.05, 0.1) is 45.3 Å². The van der Waals surface area contributed by atoms with E-state index in [2.05, 4.69) is 37.2 Å². The molecule has 0 atom stereocenters. The fraction of sp³-hybridized carbons (Fsp3) is 0. The monoisotopic (exact) mass is 672 g/mol. The molecule has 238 valence electrons. The van der Waals surface area contributed by atoms with Crippen molar-refractivity contribution in [3.8, 4) is 0 Å². The van der Waals surface area contributed by atoms with E-state index >= 15 is 0 Å². The van der Waals surface area contributed by atoms with E-state index in [-0.39, 0.29) is 27.9 Å². The molecule has 5 aromatic carbocycles. The number of hydrogen-bond acceptors (Lipinski definition) is 7. The lowest BCUT2D eigenvalue weighted by molar-refractivity contribution is 0.0975. The zero-order valence-electron chi connectivity index (χ0n) is 25.1. The van der Waals surface area contributed by atoms with E-state index in [1.807, 2.05) is 66.7 Å². The molecule has 0 fully saturated rings. The first-order chi connectivity index (χ1) is 23.2. The highest BCUT2D eigenvalue weighted by Gasteiger charge is 2.20. The van der Waals surface area contributed by atoms with Crippen molar-refractivity contribution in [2.45, 2.75) is 0 Å². The summed E-state index contributed by atoms with van der Waals surface area (Å²) in [4.78, 5) is 37.0. The summed E-state index contributed by atoms with van der Waals surface area (Å²) in [5, 5.41) is 20.9. The molecule has 9 N–H and O–H groups in total. The summed E-state index contributed by atoms with van der Waals surface area (Å²) in [6, 6.07) is 34.4. The average Bonchev–Trinajstić information content (AvgIpc) is 3.31. The highest BCUT2D eigenvalue weighted by Crippen LogP contribution is 2.34. The van der Waals surface area contributed by atoms with Gasteiger partial charge in [-0.25, -0.2) is 0 Å². The van der Waals surface area contributed by atoms with Crippen molar-refractivity contribution in [2.75, 3.05) is 31.9 Å². The first-order valence-corrected chi connectivity index (χ1v) is 15.4. The number of amides is 3. The number of carbonyl (C=O) groups is 3. The second kappa shape index (κ2) is 14.0. The third kappa shape index (κ3) is 7.39. The van der Waals surface area contributed by atoms with Gasteiger partial charge in [-0.05, 0) is 97.2 Å². The van der Waals surface area contributed by atoms with Gasteiger partial charge in [0.1, 0.15) is 0 Å². The van der Waals surface area contributed by atoms with E-state index in [9.17, 15) is 14.4 Å². The molecule has 0 unspecified atom stereocenters. The molecular formula is C35H28N8O3S2. The SMILES string of the molecule is NC(=S)Nc1ccc2c(c1)C(=O)Nc1ccccc1N2.O=C(NC(=S)Nc1ccc2c(c1)C(=O)Nc1ccccc1N2)c1ccccc1. The Labute approximate surface area is 286 Å². The van der Waals surface area contributed by atoms with Gasteiger partial charge in [-0.2, -0.15) is 0 Å². The average molecular weight is 673 g/mol. The summed E-state index contributed by atoms with van der Waals surface area (Å²) < 4.78 is 0. The molecule has 2 heterocycles. The lowest BCUT2D eigenvalue weighted by Gasteiger charge is -2.12. The molecular weight excluding hydrogens is 645 g/mol. The quantitative estimate of drug-likeness (QED) is 0.0960. The maximum atomic E-state index is 12.6. The van der Waals surface area contributed by atoms with E-state index in [0.29, 0.717) is 39.4 Å². The smallest absolute Gasteiger partial charge is 0.257 e. The standard InChI is InChI=1S/C21H16N4O2S.C14H12N4OS/c26-19(13-6-2-1-3-7-13)25-21(28)22-14-10-11-16-15(12-14)20(27)24-18-9-5-4-8-17(18)23-16;15-14(20)16-8-5-6-10-9(7-8)13(19)18-12-4-2-1-3-11(12)17-10/h1-12,23H,(H,24,27)(H2,22,25,26,28);1-7,17H,(H,18,19)(H3,15,16,20). The molecule has 0 aliphatic carbocycles. The van der Waals surface area contributed by atoms with Crippen LogP contribution in [0.1, 0.15) is 31.1 Å². The van der Waals surface area contributed by atoms with Crippen LogP contribution in [-0.4, -0.2) is 27.9 Å². The fourth-order valence-electron chi connectivity index (χ4n) is 4.98. The van der Waals surface area contributed by atoms with Crippen LogP contribution < -0.4 is 43.0 Å². The molecule has 0 aromatic heterocycles. The molecule has 5 aromatic rings. The van der Waals surface area contributed by atoms with Gasteiger partial charge in [0.25, 0.3) is 17.7 Å². The Balaban J connectivity index is 0.000000177. The first-order valence-electron chi connectivity index (χ1n) is 14.6. The molecule has 0 bridgehead atoms. The zero-order chi connectivity index (χ0) is 33.6. The number of para-hydroxylation sites is 4. The minimum atomic E-state index is -0.303. The van der Waals surface area contributed by atoms with Gasteiger partial charge >= 0.3 is 0 Å². The van der Waals surface area contributed by atoms with E-state index in [1.165, 1.54) is 0 Å². The second-order valence-electron chi connectivity index (χ2n) is 10.5. The van der Waals surface area contributed by atoms with Gasteiger partial charge in [-0.15, -0.1) is 0 Å². The fourth-order valence-corrected chi connectivity index (χ4v) is 5.31. The number of nitrogens with two attached hydrogens (primary N) is 1. The molecule has 0 saturated carbocycles. The summed E-state index contributed by atoms with van der Waals surface area (Å²) in [6.07, 6.45) is 0. The number of benzene rings is 5. The Bertz CT molecular complexity index is 2090. The van der Waals surface area contributed by atoms with Gasteiger partial charge in [0.2, 0.25) is 0 Å². The van der Waals surface area contributed by atoms with Gasteiger partial charge in [-0.1, -0.05) is 42.5 Å². The molecule has 0 radical (unpaired) electrons. The number of hydrogen-bond donors (Lipinski definition) is 8. The van der Waals surface area contributed by atoms with Crippen molar-refractivity contribution in [2.24, 2.45) is 5.73 Å². The summed E-state index contributed by atoms with van der Waals surface area (Å²) in [5.74, 6) is -0.706. The van der Waals surface area contributed by atoms with E-state index in [0.717, 1.165) is 22.7 Å². The molecule has 2 aliphatic rings. The predicted octanol–water partition coefficient (Wildman–Crippen LogP) is 6.77. The predicted molar refractivity (Wildman–Crippen MR) is 199 cm³/mol. The molecule has 0 saturated heterocycles. The highest BCUT2D eigenvalue weighted by atomic mass is 32.1. The van der Waals surface area contributed by atoms with Crippen molar-refractivity contribution in [3.63, 3.8) is 0 Å². The van der Waals surface area contributed by atoms with Crippen molar-refractivity contribution in [1.82, 2.24) is 5.32 Å². The minimum absolute atomic E-state index is 0.152. The lowest BCUT2D eigenvalue weighted by Crippen LogP contribution is -2.34. The second-order valence-corrected chi connectivity index (χ2v) is 11.4. The number of carbonyl (C=O) groups excluding carboxylic acids is 3. The van der Waals surface area contributed by atoms with Crippen LogP contribution in [0.2, 0.25) is 0 Å². The van der Waals surface area contributed by atoms with Crippen LogP contribution in [0, 0.1) is 0 Å². The molecule has 2 aliphatic heterocycles. The number of fused-ring (bicyclic) bond motifs is 4. The molecule has 48 heavy (non-hydrogen) atoms. The zero-order valence-corrected chi connectivity index (χ0v) is 26.7. The van der Waals surface area contributed by atoms with Crippen molar-refractivity contribution >= 4 is 97.9 Å². The molecule has 13 heteroatoms. The van der Waals surface area contributed by atoms with Gasteiger partial charge in [0.15, 0.2) is 10.2 Å². The van der Waals surface area contributed by atoms with Gasteiger partial charge in [0, 0.05) is 16.9 Å². The third-order valence-corrected chi connectivity index (χ3v) is 7.51. The minimum Gasteiger partial charge on any atom is -0.376 e. The number of anilines is 8. The number of nitrogens with one attached hydrogen (secondary N) is 7. The Kier molecular flexibility index (Phi) is 9.23. The van der Waals surface area contributed by atoms with Crippen LogP contribution in [0.3, 0.4) is 0 Å². The molecule has 7 rings (SSSR count). The lowest BCUT2D eigenvalue weighted by atomic mass is 10.1. The summed E-state index contributed by atoms with van der Waals surface area (Å²) in [6.45, 7) is 0. The third-order valence-electron chi connectivity index (χ3n) is 7.21. The van der Waals surface area contributed by atoms with Crippen LogP contribution in [0.4, 0.5) is 45.5 Å². The van der Waals surface area contributed by atoms with E-state index in [1.54, 1.807) is 48.5 Å². The summed E-state index contributed by atoms with van der Waals surface area (Å²) >= 11 is 10.0. The Morgan fingerprint density at radius 1 is 0.542 bits per heavy atom. The highest BCUT2D eigenvalue weighted by molar-refractivity contribution is 7.80. The number of thiocarbonyl (C=S) groups is 2. The first kappa shape index (κ1) is 31.7. The maximum absolute atomic E-state index is 12.6. The summed E-state index contributed by atoms with van der Waals surface area (Å²) in [5.41, 5.74) is 12.8. The molecule has 11 nitrogen and oxygen atoms in total.